The van der Waals surface area contributed by atoms with Crippen molar-refractivity contribution in [1.29, 1.82) is 0 Å². The van der Waals surface area contributed by atoms with Crippen molar-refractivity contribution in [1.82, 2.24) is 5.32 Å². The van der Waals surface area contributed by atoms with E-state index in [1.807, 2.05) is 12.1 Å². The molecular formula is C17H29NO2. The van der Waals surface area contributed by atoms with Crippen LogP contribution < -0.4 is 10.1 Å². The van der Waals surface area contributed by atoms with E-state index in [2.05, 4.69) is 38.2 Å². The van der Waals surface area contributed by atoms with Crippen molar-refractivity contribution in [3.05, 3.63) is 29.8 Å². The minimum Gasteiger partial charge on any atom is -0.494 e. The molecule has 1 atom stereocenters. The molecule has 0 fully saturated rings. The number of hydrogen-bond donors (Lipinski definition) is 2. The average Bonchev–Trinajstić information content (AvgIpc) is 2.47. The number of ether oxygens (including phenoxy) is 1. The van der Waals surface area contributed by atoms with Crippen LogP contribution in [0.1, 0.15) is 45.6 Å². The smallest absolute Gasteiger partial charge is 0.119 e. The summed E-state index contributed by atoms with van der Waals surface area (Å²) in [5.41, 5.74) is 1.15. The monoisotopic (exact) mass is 279 g/mol. The standard InChI is InChI=1S/C17H29NO2/c1-4-15-9-8-10-16(13-15)20-12-7-6-11-17(3,14-19)18-5-2/h8-10,13,18-19H,4-7,11-12,14H2,1-3H3. The van der Waals surface area contributed by atoms with Gasteiger partial charge in [0.15, 0.2) is 0 Å². The lowest BCUT2D eigenvalue weighted by Gasteiger charge is -2.28. The second kappa shape index (κ2) is 8.98. The van der Waals surface area contributed by atoms with Crippen molar-refractivity contribution in [3.63, 3.8) is 0 Å². The van der Waals surface area contributed by atoms with Gasteiger partial charge < -0.3 is 15.2 Å². The van der Waals surface area contributed by atoms with Crippen LogP contribution in [0.2, 0.25) is 0 Å². The maximum atomic E-state index is 9.41. The molecule has 3 nitrogen and oxygen atoms in total. The molecule has 1 aromatic rings. The van der Waals surface area contributed by atoms with Crippen molar-refractivity contribution >= 4 is 0 Å². The summed E-state index contributed by atoms with van der Waals surface area (Å²) in [7, 11) is 0. The molecule has 0 aliphatic carbocycles. The number of likely N-dealkylation sites (N-methyl/N-ethyl adjacent to an activating group) is 1. The summed E-state index contributed by atoms with van der Waals surface area (Å²) in [4.78, 5) is 0. The highest BCUT2D eigenvalue weighted by atomic mass is 16.5. The number of hydrogen-bond acceptors (Lipinski definition) is 3. The largest absolute Gasteiger partial charge is 0.494 e. The lowest BCUT2D eigenvalue weighted by Crippen LogP contribution is -2.45. The van der Waals surface area contributed by atoms with Gasteiger partial charge in [-0.25, -0.2) is 0 Å². The molecule has 0 aliphatic heterocycles. The molecule has 114 valence electrons. The van der Waals surface area contributed by atoms with E-state index >= 15 is 0 Å². The van der Waals surface area contributed by atoms with Crippen LogP contribution >= 0.6 is 0 Å². The normalized spacial score (nSPS) is 14.0. The van der Waals surface area contributed by atoms with E-state index in [0.29, 0.717) is 0 Å². The summed E-state index contributed by atoms with van der Waals surface area (Å²) in [6.45, 7) is 8.09. The number of aryl methyl sites for hydroxylation is 1. The Kier molecular flexibility index (Phi) is 7.63. The molecule has 0 heterocycles. The fourth-order valence-corrected chi connectivity index (χ4v) is 2.31. The molecule has 0 saturated heterocycles. The maximum absolute atomic E-state index is 9.41. The lowest BCUT2D eigenvalue weighted by molar-refractivity contribution is 0.162. The Balaban J connectivity index is 2.24. The van der Waals surface area contributed by atoms with E-state index in [-0.39, 0.29) is 12.1 Å². The number of aliphatic hydroxyl groups is 1. The number of unbranched alkanes of at least 4 members (excludes halogenated alkanes) is 1. The van der Waals surface area contributed by atoms with Gasteiger partial charge in [0, 0.05) is 5.54 Å². The van der Waals surface area contributed by atoms with Crippen molar-refractivity contribution in [2.24, 2.45) is 0 Å². The van der Waals surface area contributed by atoms with Crippen LogP contribution in [0.5, 0.6) is 5.75 Å². The minimum atomic E-state index is -0.156. The summed E-state index contributed by atoms with van der Waals surface area (Å²) in [6, 6.07) is 8.28. The van der Waals surface area contributed by atoms with Crippen molar-refractivity contribution < 1.29 is 9.84 Å². The number of rotatable bonds is 10. The van der Waals surface area contributed by atoms with Gasteiger partial charge in [0.05, 0.1) is 13.2 Å². The van der Waals surface area contributed by atoms with Crippen LogP contribution in [-0.4, -0.2) is 30.4 Å². The Morgan fingerprint density at radius 2 is 2.05 bits per heavy atom. The SMILES string of the molecule is CCNC(C)(CO)CCCCOc1cccc(CC)c1. The first-order valence-corrected chi connectivity index (χ1v) is 7.71. The molecule has 0 aromatic heterocycles. The third kappa shape index (κ3) is 5.93. The molecule has 20 heavy (non-hydrogen) atoms. The highest BCUT2D eigenvalue weighted by molar-refractivity contribution is 5.28. The molecule has 1 rings (SSSR count). The zero-order chi connectivity index (χ0) is 14.8. The molecule has 1 unspecified atom stereocenters. The second-order valence-electron chi connectivity index (χ2n) is 5.56. The topological polar surface area (TPSA) is 41.5 Å². The minimum absolute atomic E-state index is 0.156. The van der Waals surface area contributed by atoms with Crippen LogP contribution in [0, 0.1) is 0 Å². The Morgan fingerprint density at radius 1 is 1.25 bits per heavy atom. The van der Waals surface area contributed by atoms with E-state index in [0.717, 1.165) is 44.6 Å². The van der Waals surface area contributed by atoms with E-state index in [1.165, 1.54) is 5.56 Å². The van der Waals surface area contributed by atoms with Crippen molar-refractivity contribution in [2.75, 3.05) is 19.8 Å². The molecule has 0 bridgehead atoms. The third-order valence-corrected chi connectivity index (χ3v) is 3.65. The first-order valence-electron chi connectivity index (χ1n) is 7.71. The van der Waals surface area contributed by atoms with Crippen molar-refractivity contribution in [2.45, 2.75) is 52.0 Å². The van der Waals surface area contributed by atoms with Crippen LogP contribution in [0.25, 0.3) is 0 Å². The van der Waals surface area contributed by atoms with Crippen LogP contribution in [0.4, 0.5) is 0 Å². The van der Waals surface area contributed by atoms with Gasteiger partial charge in [-0.1, -0.05) is 26.0 Å². The van der Waals surface area contributed by atoms with E-state index in [9.17, 15) is 5.11 Å². The molecule has 3 heteroatoms. The van der Waals surface area contributed by atoms with Gasteiger partial charge in [-0.15, -0.1) is 0 Å². The third-order valence-electron chi connectivity index (χ3n) is 3.65. The summed E-state index contributed by atoms with van der Waals surface area (Å²) in [6.07, 6.45) is 4.07. The second-order valence-corrected chi connectivity index (χ2v) is 5.56. The fraction of sp³-hybridized carbons (Fsp3) is 0.647. The molecule has 0 spiro atoms. The summed E-state index contributed by atoms with van der Waals surface area (Å²) in [5.74, 6) is 0.959. The summed E-state index contributed by atoms with van der Waals surface area (Å²) >= 11 is 0. The number of nitrogens with one attached hydrogen (secondary N) is 1. The van der Waals surface area contributed by atoms with Gasteiger partial charge in [-0.05, 0) is 56.8 Å². The molecule has 1 aromatic carbocycles. The zero-order valence-corrected chi connectivity index (χ0v) is 13.1. The number of aliphatic hydroxyl groups excluding tert-OH is 1. The van der Waals surface area contributed by atoms with Gasteiger partial charge >= 0.3 is 0 Å². The van der Waals surface area contributed by atoms with Crippen LogP contribution in [0.3, 0.4) is 0 Å². The van der Waals surface area contributed by atoms with Gasteiger partial charge in [-0.3, -0.25) is 0 Å². The Hall–Kier alpha value is -1.06. The van der Waals surface area contributed by atoms with Gasteiger partial charge in [0.2, 0.25) is 0 Å². The first-order chi connectivity index (χ1) is 9.63. The van der Waals surface area contributed by atoms with E-state index in [4.69, 9.17) is 4.74 Å². The predicted octanol–water partition coefficient (Wildman–Crippen LogP) is 3.16. The molecule has 0 aliphatic rings. The van der Waals surface area contributed by atoms with Crippen molar-refractivity contribution in [3.8, 4) is 5.75 Å². The Bertz CT molecular complexity index is 381. The van der Waals surface area contributed by atoms with Crippen LogP contribution in [-0.2, 0) is 6.42 Å². The van der Waals surface area contributed by atoms with Gasteiger partial charge in [-0.2, -0.15) is 0 Å². The molecule has 2 N–H and O–H groups in total. The van der Waals surface area contributed by atoms with Gasteiger partial charge in [0.25, 0.3) is 0 Å². The Morgan fingerprint density at radius 3 is 2.70 bits per heavy atom. The van der Waals surface area contributed by atoms with Gasteiger partial charge in [0.1, 0.15) is 5.75 Å². The first kappa shape index (κ1) is 17.0. The molecule has 0 amide bonds. The maximum Gasteiger partial charge on any atom is 0.119 e. The zero-order valence-electron chi connectivity index (χ0n) is 13.1. The molecule has 0 radical (unpaired) electrons. The number of benzene rings is 1. The van der Waals surface area contributed by atoms with E-state index in [1.54, 1.807) is 0 Å². The van der Waals surface area contributed by atoms with Crippen LogP contribution in [0.15, 0.2) is 24.3 Å². The predicted molar refractivity (Wildman–Crippen MR) is 84.3 cm³/mol. The fourth-order valence-electron chi connectivity index (χ4n) is 2.31. The molecule has 0 saturated carbocycles. The highest BCUT2D eigenvalue weighted by Gasteiger charge is 2.20. The summed E-state index contributed by atoms with van der Waals surface area (Å²) in [5, 5.41) is 12.8. The highest BCUT2D eigenvalue weighted by Crippen LogP contribution is 2.16. The average molecular weight is 279 g/mol. The lowest BCUT2D eigenvalue weighted by atomic mass is 9.96. The summed E-state index contributed by atoms with van der Waals surface area (Å²) < 4.78 is 5.77. The van der Waals surface area contributed by atoms with E-state index < -0.39 is 0 Å². The Labute approximate surface area is 123 Å². The quantitative estimate of drug-likeness (QED) is 0.646. The molecular weight excluding hydrogens is 250 g/mol.